The van der Waals surface area contributed by atoms with Crippen molar-refractivity contribution in [3.8, 4) is 0 Å². The molecule has 3 heteroatoms. The molecule has 19 heavy (non-hydrogen) atoms. The van der Waals surface area contributed by atoms with Crippen molar-refractivity contribution in [3.63, 3.8) is 0 Å². The first kappa shape index (κ1) is 12.5. The molecule has 1 aliphatic heterocycles. The monoisotopic (exact) mass is 258 g/mol. The quantitative estimate of drug-likeness (QED) is 0.836. The minimum absolute atomic E-state index is 0.155. The molecule has 1 fully saturated rings. The Labute approximate surface area is 115 Å². The highest BCUT2D eigenvalue weighted by Crippen LogP contribution is 2.41. The highest BCUT2D eigenvalue weighted by molar-refractivity contribution is 6.02. The van der Waals surface area contributed by atoms with Crippen molar-refractivity contribution in [1.29, 1.82) is 0 Å². The fourth-order valence-corrected chi connectivity index (χ4v) is 3.77. The van der Waals surface area contributed by atoms with Crippen LogP contribution in [-0.2, 0) is 0 Å². The number of rotatable bonds is 1. The number of para-hydroxylation sites is 1. The Morgan fingerprint density at radius 3 is 2.95 bits per heavy atom. The van der Waals surface area contributed by atoms with Gasteiger partial charge in [-0.25, -0.2) is 0 Å². The normalized spacial score (nSPS) is 30.1. The Morgan fingerprint density at radius 2 is 2.21 bits per heavy atom. The lowest BCUT2D eigenvalue weighted by atomic mass is 9.79. The zero-order chi connectivity index (χ0) is 13.5. The Morgan fingerprint density at radius 1 is 1.42 bits per heavy atom. The number of carbonyl (C=O) groups is 1. The van der Waals surface area contributed by atoms with Crippen LogP contribution in [0.4, 0.5) is 5.69 Å². The van der Waals surface area contributed by atoms with E-state index in [-0.39, 0.29) is 11.6 Å². The van der Waals surface area contributed by atoms with Crippen LogP contribution in [-0.4, -0.2) is 23.0 Å². The third-order valence-electron chi connectivity index (χ3n) is 4.58. The molecule has 0 bridgehead atoms. The number of fused-ring (bicyclic) bond motifs is 1. The van der Waals surface area contributed by atoms with Crippen molar-refractivity contribution in [2.24, 2.45) is 5.92 Å². The molecule has 0 aromatic heterocycles. The molecule has 1 aromatic rings. The maximum atomic E-state index is 12.7. The first-order valence-corrected chi connectivity index (χ1v) is 7.35. The largest absolute Gasteiger partial charge is 0.362 e. The van der Waals surface area contributed by atoms with Gasteiger partial charge in [-0.3, -0.25) is 4.79 Å². The summed E-state index contributed by atoms with van der Waals surface area (Å²) >= 11 is 0. The maximum absolute atomic E-state index is 12.7. The van der Waals surface area contributed by atoms with Crippen LogP contribution in [0.1, 0.15) is 49.9 Å². The molecule has 2 aliphatic rings. The number of nitrogens with zero attached hydrogens (tertiary/aromatic N) is 1. The van der Waals surface area contributed by atoms with Gasteiger partial charge in [0.2, 0.25) is 0 Å². The van der Waals surface area contributed by atoms with E-state index in [1.165, 1.54) is 12.8 Å². The van der Waals surface area contributed by atoms with E-state index in [1.807, 2.05) is 29.2 Å². The van der Waals surface area contributed by atoms with Crippen LogP contribution in [0.5, 0.6) is 0 Å². The van der Waals surface area contributed by atoms with E-state index in [4.69, 9.17) is 0 Å². The smallest absolute Gasteiger partial charge is 0.257 e. The molecule has 1 aliphatic carbocycles. The maximum Gasteiger partial charge on any atom is 0.257 e. The van der Waals surface area contributed by atoms with Crippen LogP contribution in [0.3, 0.4) is 0 Å². The summed E-state index contributed by atoms with van der Waals surface area (Å²) in [7, 11) is 0. The Bertz CT molecular complexity index is 499. The van der Waals surface area contributed by atoms with Crippen LogP contribution in [0.2, 0.25) is 0 Å². The van der Waals surface area contributed by atoms with Gasteiger partial charge in [0.05, 0.1) is 5.56 Å². The summed E-state index contributed by atoms with van der Waals surface area (Å²) < 4.78 is 0. The van der Waals surface area contributed by atoms with E-state index in [0.29, 0.717) is 5.92 Å². The second kappa shape index (κ2) is 4.55. The molecule has 1 aromatic carbocycles. The minimum Gasteiger partial charge on any atom is -0.362 e. The zero-order valence-corrected chi connectivity index (χ0v) is 11.8. The standard InChI is InChI=1S/C16H22N2O/c1-3-18-15(19)13-8-4-5-9-14(13)17-16(18)10-6-7-12(2)11-16/h4-5,8-9,12,17H,3,6-7,10-11H2,1-2H3/t12-,16-/m0/s1. The molecule has 3 rings (SSSR count). The van der Waals surface area contributed by atoms with Crippen molar-refractivity contribution >= 4 is 11.6 Å². The van der Waals surface area contributed by atoms with Crippen LogP contribution in [0.15, 0.2) is 24.3 Å². The highest BCUT2D eigenvalue weighted by atomic mass is 16.2. The molecule has 1 N–H and O–H groups in total. The van der Waals surface area contributed by atoms with E-state index in [1.54, 1.807) is 0 Å². The summed E-state index contributed by atoms with van der Waals surface area (Å²) in [6, 6.07) is 7.89. The molecule has 0 saturated heterocycles. The molecule has 1 spiro atoms. The lowest BCUT2D eigenvalue weighted by molar-refractivity contribution is 0.0351. The van der Waals surface area contributed by atoms with E-state index >= 15 is 0 Å². The molecular formula is C16H22N2O. The summed E-state index contributed by atoms with van der Waals surface area (Å²) in [5.41, 5.74) is 1.66. The molecule has 0 unspecified atom stereocenters. The highest BCUT2D eigenvalue weighted by Gasteiger charge is 2.45. The van der Waals surface area contributed by atoms with Crippen molar-refractivity contribution in [1.82, 2.24) is 4.90 Å². The molecular weight excluding hydrogens is 236 g/mol. The lowest BCUT2D eigenvalue weighted by Crippen LogP contribution is -2.61. The van der Waals surface area contributed by atoms with Gasteiger partial charge < -0.3 is 10.2 Å². The van der Waals surface area contributed by atoms with E-state index in [2.05, 4.69) is 19.2 Å². The van der Waals surface area contributed by atoms with Gasteiger partial charge in [0.1, 0.15) is 5.66 Å². The number of amides is 1. The summed E-state index contributed by atoms with van der Waals surface area (Å²) in [5.74, 6) is 0.860. The van der Waals surface area contributed by atoms with Gasteiger partial charge in [0.15, 0.2) is 0 Å². The molecule has 2 atom stereocenters. The van der Waals surface area contributed by atoms with E-state index in [0.717, 1.165) is 30.6 Å². The van der Waals surface area contributed by atoms with E-state index < -0.39 is 0 Å². The number of benzene rings is 1. The number of carbonyl (C=O) groups excluding carboxylic acids is 1. The predicted molar refractivity (Wildman–Crippen MR) is 77.1 cm³/mol. The first-order valence-electron chi connectivity index (χ1n) is 7.35. The van der Waals surface area contributed by atoms with Gasteiger partial charge in [0.25, 0.3) is 5.91 Å². The van der Waals surface area contributed by atoms with Gasteiger partial charge in [-0.1, -0.05) is 25.5 Å². The number of nitrogens with one attached hydrogen (secondary N) is 1. The van der Waals surface area contributed by atoms with Gasteiger partial charge in [-0.15, -0.1) is 0 Å². The number of anilines is 1. The third-order valence-corrected chi connectivity index (χ3v) is 4.58. The lowest BCUT2D eigenvalue weighted by Gasteiger charge is -2.51. The second-order valence-electron chi connectivity index (χ2n) is 5.95. The predicted octanol–water partition coefficient (Wildman–Crippen LogP) is 3.48. The third kappa shape index (κ3) is 1.92. The zero-order valence-electron chi connectivity index (χ0n) is 11.8. The van der Waals surface area contributed by atoms with Crippen molar-refractivity contribution < 1.29 is 4.79 Å². The number of hydrogen-bond acceptors (Lipinski definition) is 2. The first-order chi connectivity index (χ1) is 9.16. The van der Waals surface area contributed by atoms with Crippen molar-refractivity contribution in [3.05, 3.63) is 29.8 Å². The molecule has 1 amide bonds. The molecule has 1 heterocycles. The van der Waals surface area contributed by atoms with Crippen LogP contribution in [0, 0.1) is 5.92 Å². The fraction of sp³-hybridized carbons (Fsp3) is 0.562. The Hall–Kier alpha value is -1.51. The van der Waals surface area contributed by atoms with Gasteiger partial charge in [-0.2, -0.15) is 0 Å². The van der Waals surface area contributed by atoms with Gasteiger partial charge >= 0.3 is 0 Å². The van der Waals surface area contributed by atoms with Crippen LogP contribution in [0.25, 0.3) is 0 Å². The second-order valence-corrected chi connectivity index (χ2v) is 5.95. The van der Waals surface area contributed by atoms with Crippen molar-refractivity contribution in [2.45, 2.75) is 45.2 Å². The summed E-state index contributed by atoms with van der Waals surface area (Å²) in [4.78, 5) is 14.8. The molecule has 0 radical (unpaired) electrons. The van der Waals surface area contributed by atoms with Crippen LogP contribution < -0.4 is 5.32 Å². The van der Waals surface area contributed by atoms with E-state index in [9.17, 15) is 4.79 Å². The minimum atomic E-state index is -0.155. The summed E-state index contributed by atoms with van der Waals surface area (Å²) in [6.45, 7) is 5.14. The van der Waals surface area contributed by atoms with Crippen molar-refractivity contribution in [2.75, 3.05) is 11.9 Å². The van der Waals surface area contributed by atoms with Gasteiger partial charge in [0, 0.05) is 12.2 Å². The summed E-state index contributed by atoms with van der Waals surface area (Å²) in [6.07, 6.45) is 4.59. The SMILES string of the molecule is CCN1C(=O)c2ccccc2N[C@@]12CCC[C@H](C)C2. The average Bonchev–Trinajstić information content (AvgIpc) is 2.39. The fourth-order valence-electron chi connectivity index (χ4n) is 3.77. The number of hydrogen-bond donors (Lipinski definition) is 1. The topological polar surface area (TPSA) is 32.3 Å². The molecule has 3 nitrogen and oxygen atoms in total. The summed E-state index contributed by atoms with van der Waals surface area (Å²) in [5, 5.41) is 3.68. The van der Waals surface area contributed by atoms with Gasteiger partial charge in [-0.05, 0) is 44.2 Å². The molecule has 102 valence electrons. The molecule has 1 saturated carbocycles. The van der Waals surface area contributed by atoms with Crippen LogP contribution >= 0.6 is 0 Å². The average molecular weight is 258 g/mol. The Balaban J connectivity index is 2.04. The Kier molecular flexibility index (Phi) is 3.00.